The summed E-state index contributed by atoms with van der Waals surface area (Å²) >= 11 is 0. The molecule has 0 saturated heterocycles. The van der Waals surface area contributed by atoms with Gasteiger partial charge in [-0.2, -0.15) is 0 Å². The third-order valence-electron chi connectivity index (χ3n) is 1.97. The maximum atomic E-state index is 11.5. The molecule has 9 heteroatoms. The van der Waals surface area contributed by atoms with E-state index in [9.17, 15) is 4.79 Å². The van der Waals surface area contributed by atoms with E-state index in [1.54, 1.807) is 25.1 Å². The van der Waals surface area contributed by atoms with Gasteiger partial charge in [0.1, 0.15) is 4.91 Å². The van der Waals surface area contributed by atoms with Crippen LogP contribution in [0.5, 0.6) is 0 Å². The smallest absolute Gasteiger partial charge is 0.462 e. The largest absolute Gasteiger partial charge is 0.472 e. The molecule has 1 rings (SSSR count). The van der Waals surface area contributed by atoms with Crippen LogP contribution in [0, 0.1) is 11.8 Å². The first-order valence-electron chi connectivity index (χ1n) is 5.50. The second kappa shape index (κ2) is 8.29. The molecule has 6 N–H and O–H groups in total. The number of nitrogens with zero attached hydrogens (tertiary/aromatic N) is 2. The van der Waals surface area contributed by atoms with Gasteiger partial charge < -0.3 is 16.2 Å². The molecule has 0 unspecified atom stereocenters. The Labute approximate surface area is 115 Å². The van der Waals surface area contributed by atoms with E-state index in [2.05, 4.69) is 4.99 Å². The van der Waals surface area contributed by atoms with Gasteiger partial charge in [-0.05, 0) is 31.5 Å². The third kappa shape index (κ3) is 6.79. The zero-order valence-electron chi connectivity index (χ0n) is 11.1. The van der Waals surface area contributed by atoms with E-state index in [4.69, 9.17) is 31.5 Å². The van der Waals surface area contributed by atoms with E-state index in [0.717, 1.165) is 5.56 Å². The van der Waals surface area contributed by atoms with Crippen LogP contribution in [0.2, 0.25) is 0 Å². The van der Waals surface area contributed by atoms with E-state index < -0.39 is 5.09 Å². The zero-order valence-corrected chi connectivity index (χ0v) is 11.1. The Morgan fingerprint density at radius 3 is 2.40 bits per heavy atom. The summed E-state index contributed by atoms with van der Waals surface area (Å²) < 4.78 is 4.88. The van der Waals surface area contributed by atoms with E-state index in [1.165, 1.54) is 0 Å². The lowest BCUT2D eigenvalue weighted by Gasteiger charge is -2.05. The molecule has 0 atom stereocenters. The second-order valence-electron chi connectivity index (χ2n) is 3.51. The molecule has 0 radical (unpaired) electrons. The molecule has 110 valence electrons. The second-order valence-corrected chi connectivity index (χ2v) is 3.51. The molecule has 0 spiro atoms. The summed E-state index contributed by atoms with van der Waals surface area (Å²) in [6.45, 7) is 3.95. The molecule has 0 bridgehead atoms. The number of esters is 1. The van der Waals surface area contributed by atoms with Crippen molar-refractivity contribution >= 4 is 17.6 Å². The molecule has 0 amide bonds. The van der Waals surface area contributed by atoms with Crippen molar-refractivity contribution in [2.45, 2.75) is 13.8 Å². The molecule has 9 nitrogen and oxygen atoms in total. The highest BCUT2D eigenvalue weighted by Gasteiger charge is 2.08. The van der Waals surface area contributed by atoms with Crippen molar-refractivity contribution in [3.05, 3.63) is 34.2 Å². The molecule has 0 saturated carbocycles. The van der Waals surface area contributed by atoms with E-state index in [-0.39, 0.29) is 11.9 Å². The number of carbonyl (C=O) groups is 1. The summed E-state index contributed by atoms with van der Waals surface area (Å²) in [7, 11) is 0. The quantitative estimate of drug-likeness (QED) is 0.275. The number of benzene rings is 1. The number of rotatable bonds is 3. The summed E-state index contributed by atoms with van der Waals surface area (Å²) in [4.78, 5) is 23.9. The van der Waals surface area contributed by atoms with Gasteiger partial charge in [0.2, 0.25) is 0 Å². The number of ether oxygens (including phenoxy) is 1. The molecule has 0 aliphatic heterocycles. The Morgan fingerprint density at radius 2 is 1.95 bits per heavy atom. The molecule has 0 fully saturated rings. The first-order chi connectivity index (χ1) is 9.27. The average Bonchev–Trinajstić information content (AvgIpc) is 2.31. The first-order valence-corrected chi connectivity index (χ1v) is 5.50. The molecule has 0 aromatic heterocycles. The Bertz CT molecular complexity index is 508. The molecule has 0 heterocycles. The minimum absolute atomic E-state index is 0.0379. The third-order valence-corrected chi connectivity index (χ3v) is 1.97. The number of aliphatic imine (C=N–C) groups is 1. The monoisotopic (exact) mass is 285 g/mol. The fourth-order valence-corrected chi connectivity index (χ4v) is 1.21. The number of hydrogen-bond acceptors (Lipinski definition) is 4. The number of aryl methyl sites for hydroxylation is 1. The standard InChI is InChI=1S/C11H15N3O2.H2NO3/c1-3-16-10(15)8-5-4-7(2)9(6-8)14-11(12)13;2-1(3)4/h4-6H,3H2,1-2H3,(H4,12,13,14);(H2,2,3,4)/q;+1. The summed E-state index contributed by atoms with van der Waals surface area (Å²) in [6.07, 6.45) is 0. The van der Waals surface area contributed by atoms with Crippen LogP contribution in [0.4, 0.5) is 5.69 Å². The van der Waals surface area contributed by atoms with Gasteiger partial charge in [-0.25, -0.2) is 20.2 Å². The van der Waals surface area contributed by atoms with Crippen molar-refractivity contribution in [3.8, 4) is 0 Å². The average molecular weight is 285 g/mol. The van der Waals surface area contributed by atoms with Crippen LogP contribution in [-0.2, 0) is 4.74 Å². The van der Waals surface area contributed by atoms with Crippen molar-refractivity contribution < 1.29 is 25.0 Å². The van der Waals surface area contributed by atoms with E-state index in [1.807, 2.05) is 6.92 Å². The van der Waals surface area contributed by atoms with Crippen LogP contribution in [0.3, 0.4) is 0 Å². The van der Waals surface area contributed by atoms with Crippen molar-refractivity contribution in [3.63, 3.8) is 0 Å². The van der Waals surface area contributed by atoms with Gasteiger partial charge in [-0.15, -0.1) is 0 Å². The lowest BCUT2D eigenvalue weighted by atomic mass is 10.1. The van der Waals surface area contributed by atoms with Gasteiger partial charge in [-0.3, -0.25) is 0 Å². The highest BCUT2D eigenvalue weighted by atomic mass is 16.9. The van der Waals surface area contributed by atoms with Crippen molar-refractivity contribution in [2.24, 2.45) is 16.5 Å². The number of nitrogens with two attached hydrogens (primary N) is 2. The van der Waals surface area contributed by atoms with Gasteiger partial charge in [0, 0.05) is 0 Å². The Kier molecular flexibility index (Phi) is 7.12. The summed E-state index contributed by atoms with van der Waals surface area (Å²) in [6, 6.07) is 5.06. The molecular weight excluding hydrogens is 268 g/mol. The van der Waals surface area contributed by atoms with Crippen LogP contribution in [0.25, 0.3) is 0 Å². The predicted molar refractivity (Wildman–Crippen MR) is 69.8 cm³/mol. The van der Waals surface area contributed by atoms with Crippen LogP contribution < -0.4 is 11.5 Å². The Balaban J connectivity index is 0.000000796. The van der Waals surface area contributed by atoms with Gasteiger partial charge >= 0.3 is 11.1 Å². The van der Waals surface area contributed by atoms with Crippen LogP contribution in [0.1, 0.15) is 22.8 Å². The number of hydrogen-bond donors (Lipinski definition) is 4. The minimum atomic E-state index is -1.25. The highest BCUT2D eigenvalue weighted by Crippen LogP contribution is 2.20. The molecular formula is C11H17N4O5+. The maximum absolute atomic E-state index is 11.5. The summed E-state index contributed by atoms with van der Waals surface area (Å²) in [5.74, 6) is -0.418. The fourth-order valence-electron chi connectivity index (χ4n) is 1.21. The first kappa shape index (κ1) is 17.2. The van der Waals surface area contributed by atoms with E-state index in [0.29, 0.717) is 17.9 Å². The normalized spacial score (nSPS) is 8.90. The molecule has 1 aromatic rings. The van der Waals surface area contributed by atoms with Gasteiger partial charge in [0.25, 0.3) is 0 Å². The lowest BCUT2D eigenvalue weighted by molar-refractivity contribution is -0.969. The minimum Gasteiger partial charge on any atom is -0.462 e. The highest BCUT2D eigenvalue weighted by molar-refractivity contribution is 5.91. The number of guanidine groups is 1. The van der Waals surface area contributed by atoms with Crippen molar-refractivity contribution in [2.75, 3.05) is 6.61 Å². The number of carbonyl (C=O) groups excluding carboxylic acids is 1. The van der Waals surface area contributed by atoms with Crippen molar-refractivity contribution in [1.29, 1.82) is 0 Å². The Morgan fingerprint density at radius 1 is 1.40 bits per heavy atom. The van der Waals surface area contributed by atoms with Gasteiger partial charge in [0.15, 0.2) is 5.96 Å². The zero-order chi connectivity index (χ0) is 15.7. The molecule has 0 aliphatic carbocycles. The van der Waals surface area contributed by atoms with Crippen molar-refractivity contribution in [1.82, 2.24) is 0 Å². The summed E-state index contributed by atoms with van der Waals surface area (Å²) in [5.41, 5.74) is 12.5. The molecule has 0 aliphatic rings. The van der Waals surface area contributed by atoms with Crippen LogP contribution in [0.15, 0.2) is 23.2 Å². The van der Waals surface area contributed by atoms with E-state index >= 15 is 0 Å². The van der Waals surface area contributed by atoms with Gasteiger partial charge in [0.05, 0.1) is 17.9 Å². The molecule has 20 heavy (non-hydrogen) atoms. The Hall–Kier alpha value is -2.84. The van der Waals surface area contributed by atoms with Crippen LogP contribution >= 0.6 is 0 Å². The lowest BCUT2D eigenvalue weighted by Crippen LogP contribution is -2.22. The fraction of sp³-hybridized carbons (Fsp3) is 0.273. The van der Waals surface area contributed by atoms with Crippen LogP contribution in [-0.4, -0.2) is 34.0 Å². The maximum Gasteiger partial charge on any atom is 0.472 e. The topological polar surface area (TPSA) is 151 Å². The summed E-state index contributed by atoms with van der Waals surface area (Å²) in [5, 5.41) is 12.5. The molecule has 1 aromatic carbocycles. The SMILES string of the molecule is CCOC(=O)c1ccc(C)c(N=C(N)N)c1.O=[N+](O)O. The van der Waals surface area contributed by atoms with Gasteiger partial charge in [-0.1, -0.05) is 6.07 Å². The predicted octanol–water partition coefficient (Wildman–Crippen LogP) is 0.620.